The van der Waals surface area contributed by atoms with Crippen LogP contribution >= 0.6 is 0 Å². The van der Waals surface area contributed by atoms with Gasteiger partial charge in [0, 0.05) is 62.1 Å². The number of alkyl halides is 3. The van der Waals surface area contributed by atoms with Gasteiger partial charge in [-0.1, -0.05) is 12.1 Å². The van der Waals surface area contributed by atoms with Crippen LogP contribution in [0.4, 0.5) is 13.2 Å². The maximum atomic E-state index is 12.9. The maximum Gasteiger partial charge on any atom is 0.433 e. The third kappa shape index (κ3) is 5.95. The van der Waals surface area contributed by atoms with E-state index in [9.17, 15) is 27.6 Å². The van der Waals surface area contributed by atoms with Crippen molar-refractivity contribution in [1.29, 1.82) is 0 Å². The van der Waals surface area contributed by atoms with Gasteiger partial charge in [0.1, 0.15) is 17.9 Å². The Kier molecular flexibility index (Phi) is 7.09. The Hall–Kier alpha value is -4.61. The number of hydrogen-bond acceptors (Lipinski definition) is 6. The van der Waals surface area contributed by atoms with E-state index in [1.54, 1.807) is 58.7 Å². The van der Waals surface area contributed by atoms with Crippen LogP contribution in [0.25, 0.3) is 10.9 Å². The lowest BCUT2D eigenvalue weighted by Crippen LogP contribution is -2.51. The van der Waals surface area contributed by atoms with Crippen molar-refractivity contribution in [3.05, 3.63) is 89.6 Å². The first-order valence-corrected chi connectivity index (χ1v) is 12.2. The van der Waals surface area contributed by atoms with Crippen molar-refractivity contribution in [1.82, 2.24) is 29.5 Å². The van der Waals surface area contributed by atoms with E-state index in [1.165, 1.54) is 10.7 Å². The van der Waals surface area contributed by atoms with Crippen LogP contribution in [0.15, 0.2) is 67.1 Å². The summed E-state index contributed by atoms with van der Waals surface area (Å²) < 4.78 is 40.3. The lowest BCUT2D eigenvalue weighted by molar-refractivity contribution is -0.141. The molecule has 1 aliphatic rings. The summed E-state index contributed by atoms with van der Waals surface area (Å²) in [6.45, 7) is 1.67. The van der Waals surface area contributed by atoms with Crippen LogP contribution in [0.2, 0.25) is 0 Å². The van der Waals surface area contributed by atoms with Gasteiger partial charge >= 0.3 is 6.18 Å². The fourth-order valence-electron chi connectivity index (χ4n) is 4.42. The monoisotopic (exact) mass is 536 g/mol. The van der Waals surface area contributed by atoms with Crippen molar-refractivity contribution in [3.8, 4) is 0 Å². The second-order valence-corrected chi connectivity index (χ2v) is 9.13. The quantitative estimate of drug-likeness (QED) is 0.351. The average molecular weight is 537 g/mol. The number of aromatic nitrogens is 4. The third-order valence-electron chi connectivity index (χ3n) is 6.45. The lowest BCUT2D eigenvalue weighted by atomic mass is 10.0. The van der Waals surface area contributed by atoms with Crippen LogP contribution in [0, 0.1) is 0 Å². The van der Waals surface area contributed by atoms with E-state index < -0.39 is 17.7 Å². The molecular formula is C27H23F3N6O3. The van der Waals surface area contributed by atoms with Gasteiger partial charge in [-0.15, -0.1) is 0 Å². The van der Waals surface area contributed by atoms with Crippen LogP contribution < -0.4 is 0 Å². The highest BCUT2D eigenvalue weighted by Gasteiger charge is 2.33. The maximum absolute atomic E-state index is 12.9. The van der Waals surface area contributed by atoms with Gasteiger partial charge in [0.15, 0.2) is 5.78 Å². The van der Waals surface area contributed by atoms with E-state index in [1.807, 2.05) is 0 Å². The minimum atomic E-state index is -4.63. The van der Waals surface area contributed by atoms with Crippen molar-refractivity contribution in [2.75, 3.05) is 26.2 Å². The first-order valence-electron chi connectivity index (χ1n) is 12.2. The smallest absolute Gasteiger partial charge is 0.338 e. The highest BCUT2D eigenvalue weighted by molar-refractivity contribution is 5.96. The van der Waals surface area contributed by atoms with E-state index in [0.717, 1.165) is 12.1 Å². The molecule has 9 nitrogen and oxygen atoms in total. The van der Waals surface area contributed by atoms with Crippen LogP contribution in [0.3, 0.4) is 0 Å². The minimum Gasteiger partial charge on any atom is -0.338 e. The predicted molar refractivity (Wildman–Crippen MR) is 134 cm³/mol. The summed E-state index contributed by atoms with van der Waals surface area (Å²) in [4.78, 5) is 48.8. The summed E-state index contributed by atoms with van der Waals surface area (Å²) in [6.07, 6.45) is 0.0566. The number of piperazine rings is 1. The zero-order valence-corrected chi connectivity index (χ0v) is 20.6. The predicted octanol–water partition coefficient (Wildman–Crippen LogP) is 3.26. The minimum absolute atomic E-state index is 0.00932. The number of carbonyl (C=O) groups excluding carboxylic acids is 3. The van der Waals surface area contributed by atoms with E-state index in [2.05, 4.69) is 15.1 Å². The van der Waals surface area contributed by atoms with Gasteiger partial charge < -0.3 is 9.80 Å². The van der Waals surface area contributed by atoms with E-state index in [4.69, 9.17) is 0 Å². The molecule has 3 aromatic heterocycles. The molecule has 0 atom stereocenters. The first kappa shape index (κ1) is 26.0. The summed E-state index contributed by atoms with van der Waals surface area (Å²) in [6, 6.07) is 11.6. The van der Waals surface area contributed by atoms with Gasteiger partial charge in [-0.25, -0.2) is 4.98 Å². The SMILES string of the molecule is O=C(Cc1ccc2nn(CC(=O)N3CCN(C(=O)c4ccncc4)CC3)cc2c1)c1cccc(C(F)(F)F)n1. The summed E-state index contributed by atoms with van der Waals surface area (Å²) in [5, 5.41) is 5.12. The molecule has 0 bridgehead atoms. The second-order valence-electron chi connectivity index (χ2n) is 9.13. The number of pyridine rings is 2. The Morgan fingerprint density at radius 3 is 2.33 bits per heavy atom. The van der Waals surface area contributed by atoms with Crippen molar-refractivity contribution in [2.24, 2.45) is 0 Å². The molecule has 1 aromatic carbocycles. The third-order valence-corrected chi connectivity index (χ3v) is 6.45. The van der Waals surface area contributed by atoms with Crippen molar-refractivity contribution < 1.29 is 27.6 Å². The molecule has 1 fully saturated rings. The number of rotatable bonds is 6. The molecule has 12 heteroatoms. The van der Waals surface area contributed by atoms with Crippen LogP contribution in [0.5, 0.6) is 0 Å². The number of amides is 2. The summed E-state index contributed by atoms with van der Waals surface area (Å²) >= 11 is 0. The van der Waals surface area contributed by atoms with Gasteiger partial charge in [0.25, 0.3) is 5.91 Å². The number of halogens is 3. The standard InChI is InChI=1S/C27H23F3N6O3/c28-27(29,30)24-3-1-2-22(32-24)23(37)15-18-4-5-21-20(14-18)16-36(33-21)17-25(38)34-10-12-35(13-11-34)26(39)19-6-8-31-9-7-19/h1-9,14,16H,10-13,15,17H2. The average Bonchev–Trinajstić information content (AvgIpc) is 3.34. The molecule has 5 rings (SSSR count). The van der Waals surface area contributed by atoms with Gasteiger partial charge in [-0.2, -0.15) is 18.3 Å². The Labute approximate surface area is 220 Å². The number of ketones is 1. The zero-order valence-electron chi connectivity index (χ0n) is 20.6. The molecule has 200 valence electrons. The molecule has 1 aliphatic heterocycles. The number of Topliss-reactive ketones (excluding diaryl/α,β-unsaturated/α-hetero) is 1. The zero-order chi connectivity index (χ0) is 27.6. The van der Waals surface area contributed by atoms with Crippen molar-refractivity contribution in [3.63, 3.8) is 0 Å². The highest BCUT2D eigenvalue weighted by Crippen LogP contribution is 2.27. The Balaban J connectivity index is 1.19. The highest BCUT2D eigenvalue weighted by atomic mass is 19.4. The number of hydrogen-bond donors (Lipinski definition) is 0. The molecule has 0 saturated carbocycles. The van der Waals surface area contributed by atoms with E-state index >= 15 is 0 Å². The van der Waals surface area contributed by atoms with Gasteiger partial charge in [0.05, 0.1) is 5.52 Å². The van der Waals surface area contributed by atoms with Crippen molar-refractivity contribution in [2.45, 2.75) is 19.1 Å². The summed E-state index contributed by atoms with van der Waals surface area (Å²) in [5.41, 5.74) is 0.391. The lowest BCUT2D eigenvalue weighted by Gasteiger charge is -2.34. The fourth-order valence-corrected chi connectivity index (χ4v) is 4.42. The summed E-state index contributed by atoms with van der Waals surface area (Å²) in [5.74, 6) is -0.768. The van der Waals surface area contributed by atoms with Crippen LogP contribution in [-0.4, -0.2) is 73.3 Å². The molecule has 4 heterocycles. The van der Waals surface area contributed by atoms with E-state index in [-0.39, 0.29) is 30.5 Å². The summed E-state index contributed by atoms with van der Waals surface area (Å²) in [7, 11) is 0. The van der Waals surface area contributed by atoms with Gasteiger partial charge in [-0.05, 0) is 42.0 Å². The molecule has 2 amide bonds. The molecule has 0 radical (unpaired) electrons. The molecule has 4 aromatic rings. The first-order chi connectivity index (χ1) is 18.7. The Bertz CT molecular complexity index is 1530. The molecule has 1 saturated heterocycles. The number of carbonyl (C=O) groups is 3. The van der Waals surface area contributed by atoms with Crippen LogP contribution in [-0.2, 0) is 23.9 Å². The number of fused-ring (bicyclic) bond motifs is 1. The van der Waals surface area contributed by atoms with Gasteiger partial charge in [0.2, 0.25) is 5.91 Å². The second kappa shape index (κ2) is 10.6. The topological polar surface area (TPSA) is 101 Å². The molecule has 0 unspecified atom stereocenters. The molecular weight excluding hydrogens is 513 g/mol. The Morgan fingerprint density at radius 1 is 0.897 bits per heavy atom. The van der Waals surface area contributed by atoms with Crippen LogP contribution in [0.1, 0.15) is 32.1 Å². The fraction of sp³-hybridized carbons (Fsp3) is 0.259. The van der Waals surface area contributed by atoms with Crippen molar-refractivity contribution >= 4 is 28.5 Å². The largest absolute Gasteiger partial charge is 0.433 e. The molecule has 0 N–H and O–H groups in total. The molecule has 0 aliphatic carbocycles. The number of benzene rings is 1. The molecule has 39 heavy (non-hydrogen) atoms. The Morgan fingerprint density at radius 2 is 1.62 bits per heavy atom. The molecule has 0 spiro atoms. The van der Waals surface area contributed by atoms with Gasteiger partial charge in [-0.3, -0.25) is 24.0 Å². The number of nitrogens with zero attached hydrogens (tertiary/aromatic N) is 6. The normalized spacial score (nSPS) is 14.0. The van der Waals surface area contributed by atoms with E-state index in [0.29, 0.717) is 48.2 Å².